The van der Waals surface area contributed by atoms with Crippen LogP contribution in [0.3, 0.4) is 0 Å². The summed E-state index contributed by atoms with van der Waals surface area (Å²) in [4.78, 5) is 8.46. The predicted octanol–water partition coefficient (Wildman–Crippen LogP) is 1.39. The molecular formula is C20H29N5O4S. The van der Waals surface area contributed by atoms with Crippen LogP contribution < -0.4 is 24.8 Å². The molecular weight excluding hydrogens is 406 g/mol. The molecule has 0 spiro atoms. The third-order valence-corrected chi connectivity index (χ3v) is 5.33. The van der Waals surface area contributed by atoms with Crippen LogP contribution in [0.1, 0.15) is 13.8 Å². The number of guanidine groups is 1. The average Bonchev–Trinajstić information content (AvgIpc) is 2.75. The van der Waals surface area contributed by atoms with Gasteiger partial charge in [0.1, 0.15) is 22.5 Å². The number of aliphatic imine (C=N–C) groups is 1. The van der Waals surface area contributed by atoms with Gasteiger partial charge in [-0.1, -0.05) is 6.07 Å². The van der Waals surface area contributed by atoms with E-state index in [1.54, 1.807) is 13.2 Å². The number of hydrogen-bond donors (Lipinski definition) is 3. The van der Waals surface area contributed by atoms with Gasteiger partial charge in [0.05, 0.1) is 13.7 Å². The predicted molar refractivity (Wildman–Crippen MR) is 116 cm³/mol. The molecule has 0 aliphatic heterocycles. The van der Waals surface area contributed by atoms with Gasteiger partial charge in [-0.2, -0.15) is 0 Å². The second-order valence-corrected chi connectivity index (χ2v) is 8.11. The molecule has 0 amide bonds. The molecule has 1 heterocycles. The number of methoxy groups -OCH3 is 1. The van der Waals surface area contributed by atoms with E-state index in [0.717, 1.165) is 5.75 Å². The standard InChI is InChI=1S/C20H29N5O4S/c1-4-22-20(23-11-12-25-30(26,27)19-9-6-10-21-15-19)24-14-16(2)29-18-8-5-7-17(13-18)28-3/h5-10,13,15-16,25H,4,11-12,14H2,1-3H3,(H2,22,23,24). The van der Waals surface area contributed by atoms with Crippen LogP contribution in [0, 0.1) is 0 Å². The van der Waals surface area contributed by atoms with Gasteiger partial charge in [0.15, 0.2) is 5.96 Å². The van der Waals surface area contributed by atoms with Crippen LogP contribution >= 0.6 is 0 Å². The number of aromatic nitrogens is 1. The van der Waals surface area contributed by atoms with Gasteiger partial charge < -0.3 is 20.1 Å². The third-order valence-electron chi connectivity index (χ3n) is 3.88. The van der Waals surface area contributed by atoms with Gasteiger partial charge in [-0.3, -0.25) is 4.98 Å². The lowest BCUT2D eigenvalue weighted by Gasteiger charge is -2.16. The number of sulfonamides is 1. The fourth-order valence-electron chi connectivity index (χ4n) is 2.46. The molecule has 9 nitrogen and oxygen atoms in total. The molecule has 0 aliphatic rings. The normalized spacial score (nSPS) is 12.8. The zero-order valence-corrected chi connectivity index (χ0v) is 18.3. The highest BCUT2D eigenvalue weighted by molar-refractivity contribution is 7.89. The first-order valence-electron chi connectivity index (χ1n) is 9.67. The number of benzene rings is 1. The lowest BCUT2D eigenvalue weighted by molar-refractivity contribution is 0.229. The third kappa shape index (κ3) is 7.88. The highest BCUT2D eigenvalue weighted by Gasteiger charge is 2.13. The minimum Gasteiger partial charge on any atom is -0.497 e. The van der Waals surface area contributed by atoms with Gasteiger partial charge in [-0.15, -0.1) is 0 Å². The summed E-state index contributed by atoms with van der Waals surface area (Å²) in [6.07, 6.45) is 2.68. The molecule has 0 aliphatic carbocycles. The SMILES string of the molecule is CCNC(=NCC(C)Oc1cccc(OC)c1)NCCNS(=O)(=O)c1cccnc1. The Bertz CT molecular complexity index is 906. The lowest BCUT2D eigenvalue weighted by atomic mass is 10.3. The zero-order valence-electron chi connectivity index (χ0n) is 17.5. The van der Waals surface area contributed by atoms with Crippen molar-refractivity contribution in [3.8, 4) is 11.5 Å². The molecule has 30 heavy (non-hydrogen) atoms. The number of ether oxygens (including phenoxy) is 2. The van der Waals surface area contributed by atoms with Crippen molar-refractivity contribution in [3.63, 3.8) is 0 Å². The molecule has 2 rings (SSSR count). The van der Waals surface area contributed by atoms with Crippen molar-refractivity contribution < 1.29 is 17.9 Å². The molecule has 1 aromatic carbocycles. The summed E-state index contributed by atoms with van der Waals surface area (Å²) in [6, 6.07) is 10.5. The van der Waals surface area contributed by atoms with Gasteiger partial charge in [0.2, 0.25) is 10.0 Å². The molecule has 10 heteroatoms. The number of nitrogens with zero attached hydrogens (tertiary/aromatic N) is 2. The summed E-state index contributed by atoms with van der Waals surface area (Å²) in [5.74, 6) is 2.02. The fourth-order valence-corrected chi connectivity index (χ4v) is 3.46. The van der Waals surface area contributed by atoms with E-state index < -0.39 is 10.0 Å². The summed E-state index contributed by atoms with van der Waals surface area (Å²) >= 11 is 0. The Kier molecular flexibility index (Phi) is 9.36. The maximum atomic E-state index is 12.2. The van der Waals surface area contributed by atoms with Gasteiger partial charge in [0, 0.05) is 38.1 Å². The van der Waals surface area contributed by atoms with Crippen LogP contribution in [-0.2, 0) is 10.0 Å². The van der Waals surface area contributed by atoms with Gasteiger partial charge in [0.25, 0.3) is 0 Å². The Hall–Kier alpha value is -2.85. The molecule has 0 radical (unpaired) electrons. The molecule has 1 aromatic heterocycles. The highest BCUT2D eigenvalue weighted by atomic mass is 32.2. The van der Waals surface area contributed by atoms with Gasteiger partial charge >= 0.3 is 0 Å². The number of hydrogen-bond acceptors (Lipinski definition) is 6. The monoisotopic (exact) mass is 435 g/mol. The van der Waals surface area contributed by atoms with Crippen LogP contribution in [-0.4, -0.2) is 58.8 Å². The Morgan fingerprint density at radius 2 is 1.97 bits per heavy atom. The van der Waals surface area contributed by atoms with Crippen molar-refractivity contribution in [2.45, 2.75) is 24.8 Å². The molecule has 3 N–H and O–H groups in total. The maximum absolute atomic E-state index is 12.2. The first-order chi connectivity index (χ1) is 14.4. The second-order valence-electron chi connectivity index (χ2n) is 6.34. The van der Waals surface area contributed by atoms with Crippen molar-refractivity contribution >= 4 is 16.0 Å². The quantitative estimate of drug-likeness (QED) is 0.278. The van der Waals surface area contributed by atoms with Crippen molar-refractivity contribution in [3.05, 3.63) is 48.8 Å². The number of pyridine rings is 1. The molecule has 0 bridgehead atoms. The maximum Gasteiger partial charge on any atom is 0.242 e. The van der Waals surface area contributed by atoms with Crippen molar-refractivity contribution in [1.29, 1.82) is 0 Å². The number of nitrogens with one attached hydrogen (secondary N) is 3. The summed E-state index contributed by atoms with van der Waals surface area (Å²) < 4.78 is 38.0. The Balaban J connectivity index is 1.82. The van der Waals surface area contributed by atoms with Crippen molar-refractivity contribution in [2.24, 2.45) is 4.99 Å². The van der Waals surface area contributed by atoms with Crippen LogP contribution in [0.5, 0.6) is 11.5 Å². The van der Waals surface area contributed by atoms with E-state index in [-0.39, 0.29) is 17.5 Å². The average molecular weight is 436 g/mol. The Labute approximate surface area is 178 Å². The first kappa shape index (κ1) is 23.4. The minimum atomic E-state index is -3.58. The Morgan fingerprint density at radius 3 is 2.67 bits per heavy atom. The minimum absolute atomic E-state index is 0.133. The summed E-state index contributed by atoms with van der Waals surface area (Å²) in [5.41, 5.74) is 0. The second kappa shape index (κ2) is 12.0. The molecule has 1 unspecified atom stereocenters. The largest absolute Gasteiger partial charge is 0.497 e. The summed E-state index contributed by atoms with van der Waals surface area (Å²) in [7, 11) is -1.97. The molecule has 2 aromatic rings. The summed E-state index contributed by atoms with van der Waals surface area (Å²) in [6.45, 7) is 5.56. The first-order valence-corrected chi connectivity index (χ1v) is 11.2. The topological polar surface area (TPSA) is 114 Å². The van der Waals surface area contributed by atoms with E-state index in [0.29, 0.717) is 31.3 Å². The molecule has 0 fully saturated rings. The molecule has 1 atom stereocenters. The van der Waals surface area contributed by atoms with E-state index in [2.05, 4.69) is 25.3 Å². The van der Waals surface area contributed by atoms with E-state index in [9.17, 15) is 8.42 Å². The zero-order chi connectivity index (χ0) is 21.8. The Morgan fingerprint density at radius 1 is 1.17 bits per heavy atom. The van der Waals surface area contributed by atoms with Crippen LogP contribution in [0.15, 0.2) is 58.7 Å². The van der Waals surface area contributed by atoms with Crippen LogP contribution in [0.4, 0.5) is 0 Å². The van der Waals surface area contributed by atoms with Crippen molar-refractivity contribution in [1.82, 2.24) is 20.3 Å². The molecule has 0 saturated carbocycles. The van der Waals surface area contributed by atoms with E-state index >= 15 is 0 Å². The molecule has 0 saturated heterocycles. The number of rotatable bonds is 11. The highest BCUT2D eigenvalue weighted by Crippen LogP contribution is 2.19. The lowest BCUT2D eigenvalue weighted by Crippen LogP contribution is -2.42. The van der Waals surface area contributed by atoms with Crippen LogP contribution in [0.25, 0.3) is 0 Å². The fraction of sp³-hybridized carbons (Fsp3) is 0.400. The van der Waals surface area contributed by atoms with E-state index in [4.69, 9.17) is 9.47 Å². The summed E-state index contributed by atoms with van der Waals surface area (Å²) in [5, 5.41) is 6.23. The van der Waals surface area contributed by atoms with Gasteiger partial charge in [-0.25, -0.2) is 18.1 Å². The van der Waals surface area contributed by atoms with Crippen molar-refractivity contribution in [2.75, 3.05) is 33.3 Å². The molecule has 164 valence electrons. The van der Waals surface area contributed by atoms with E-state index in [1.807, 2.05) is 38.1 Å². The smallest absolute Gasteiger partial charge is 0.242 e. The van der Waals surface area contributed by atoms with E-state index in [1.165, 1.54) is 18.5 Å². The van der Waals surface area contributed by atoms with Crippen LogP contribution in [0.2, 0.25) is 0 Å². The van der Waals surface area contributed by atoms with Gasteiger partial charge in [-0.05, 0) is 38.1 Å².